The Bertz CT molecular complexity index is 925. The lowest BCUT2D eigenvalue weighted by atomic mass is 10.1. The van der Waals surface area contributed by atoms with Crippen LogP contribution in [0.4, 0.5) is 0 Å². The second-order valence-electron chi connectivity index (χ2n) is 6.29. The van der Waals surface area contributed by atoms with Crippen LogP contribution in [0, 0.1) is 0 Å². The number of fused-ring (bicyclic) bond motifs is 1. The number of aliphatic imine (C=N–C) groups is 1. The van der Waals surface area contributed by atoms with Gasteiger partial charge in [0.2, 0.25) is 10.0 Å². The van der Waals surface area contributed by atoms with E-state index in [2.05, 4.69) is 26.4 Å². The lowest BCUT2D eigenvalue weighted by molar-refractivity contribution is 0.235. The van der Waals surface area contributed by atoms with Crippen molar-refractivity contribution in [1.29, 1.82) is 0 Å². The summed E-state index contributed by atoms with van der Waals surface area (Å²) in [5.74, 6) is 1.51. The molecule has 0 saturated heterocycles. The van der Waals surface area contributed by atoms with Crippen LogP contribution in [-0.2, 0) is 16.4 Å². The number of nitrogens with zero attached hydrogens (tertiary/aromatic N) is 1. The molecule has 1 atom stereocenters. The molecule has 0 aliphatic carbocycles. The van der Waals surface area contributed by atoms with E-state index < -0.39 is 10.0 Å². The van der Waals surface area contributed by atoms with E-state index in [0.717, 1.165) is 12.2 Å². The fraction of sp³-hybridized carbons (Fsp3) is 0.316. The van der Waals surface area contributed by atoms with Crippen molar-refractivity contribution in [3.05, 3.63) is 59.1 Å². The third kappa shape index (κ3) is 5.37. The number of halogens is 1. The van der Waals surface area contributed by atoms with Gasteiger partial charge in [0.15, 0.2) is 5.96 Å². The first-order valence-corrected chi connectivity index (χ1v) is 10.8. The number of para-hydroxylation sites is 1. The van der Waals surface area contributed by atoms with Gasteiger partial charge in [0.25, 0.3) is 0 Å². The third-order valence-corrected chi connectivity index (χ3v) is 5.94. The maximum atomic E-state index is 12.2. The summed E-state index contributed by atoms with van der Waals surface area (Å²) in [6, 6.07) is 14.1. The van der Waals surface area contributed by atoms with Gasteiger partial charge < -0.3 is 15.4 Å². The first kappa shape index (κ1) is 20.4. The quantitative estimate of drug-likeness (QED) is 0.359. The van der Waals surface area contributed by atoms with Crippen LogP contribution >= 0.6 is 11.6 Å². The van der Waals surface area contributed by atoms with Gasteiger partial charge in [-0.15, -0.1) is 0 Å². The van der Waals surface area contributed by atoms with Crippen LogP contribution in [-0.4, -0.2) is 47.2 Å². The molecule has 3 N–H and O–H groups in total. The van der Waals surface area contributed by atoms with E-state index in [4.69, 9.17) is 16.3 Å². The number of ether oxygens (including phenoxy) is 1. The Morgan fingerprint density at radius 1 is 1.18 bits per heavy atom. The Morgan fingerprint density at radius 3 is 2.75 bits per heavy atom. The highest BCUT2D eigenvalue weighted by Gasteiger charge is 2.22. The predicted molar refractivity (Wildman–Crippen MR) is 111 cm³/mol. The lowest BCUT2D eigenvalue weighted by Crippen LogP contribution is -2.44. The molecule has 0 aromatic heterocycles. The molecule has 1 unspecified atom stereocenters. The van der Waals surface area contributed by atoms with Crippen LogP contribution < -0.4 is 20.1 Å². The van der Waals surface area contributed by atoms with E-state index >= 15 is 0 Å². The highest BCUT2D eigenvalue weighted by atomic mass is 35.5. The number of guanidine groups is 1. The molecule has 3 rings (SSSR count). The maximum absolute atomic E-state index is 12.2. The third-order valence-electron chi connectivity index (χ3n) is 4.25. The summed E-state index contributed by atoms with van der Waals surface area (Å²) in [4.78, 5) is 4.29. The molecule has 9 heteroatoms. The van der Waals surface area contributed by atoms with Crippen LogP contribution in [0.25, 0.3) is 0 Å². The first-order valence-electron chi connectivity index (χ1n) is 8.92. The average molecular weight is 423 g/mol. The minimum atomic E-state index is -3.60. The molecular weight excluding hydrogens is 400 g/mol. The van der Waals surface area contributed by atoms with Crippen LogP contribution in [0.15, 0.2) is 58.4 Å². The fourth-order valence-corrected chi connectivity index (χ4v) is 4.21. The second kappa shape index (κ2) is 9.27. The highest BCUT2D eigenvalue weighted by molar-refractivity contribution is 7.89. The molecule has 0 radical (unpaired) electrons. The zero-order valence-electron chi connectivity index (χ0n) is 15.5. The number of rotatable bonds is 7. The van der Waals surface area contributed by atoms with Gasteiger partial charge in [0.1, 0.15) is 11.9 Å². The molecule has 0 fully saturated rings. The standard InChI is InChI=1S/C19H23ClN4O3S/c1-21-19(23-13-16-11-14-5-2-3-8-18(14)27-16)22-9-10-24-28(25,26)17-7-4-6-15(20)12-17/h2-8,12,16,24H,9-11,13H2,1H3,(H2,21,22,23). The number of hydrogen-bond acceptors (Lipinski definition) is 4. The summed E-state index contributed by atoms with van der Waals surface area (Å²) in [6.45, 7) is 1.19. The van der Waals surface area contributed by atoms with Crippen molar-refractivity contribution in [3.63, 3.8) is 0 Å². The lowest BCUT2D eigenvalue weighted by Gasteiger charge is -2.16. The minimum Gasteiger partial charge on any atom is -0.488 e. The molecule has 7 nitrogen and oxygen atoms in total. The topological polar surface area (TPSA) is 91.8 Å². The van der Waals surface area contributed by atoms with E-state index in [9.17, 15) is 8.42 Å². The largest absolute Gasteiger partial charge is 0.488 e. The van der Waals surface area contributed by atoms with Gasteiger partial charge in [0, 0.05) is 31.6 Å². The van der Waals surface area contributed by atoms with Crippen molar-refractivity contribution in [2.24, 2.45) is 4.99 Å². The Balaban J connectivity index is 1.40. The SMILES string of the molecule is CN=C(NCCNS(=O)(=O)c1cccc(Cl)c1)NCC1Cc2ccccc2O1. The van der Waals surface area contributed by atoms with E-state index in [-0.39, 0.29) is 17.5 Å². The van der Waals surface area contributed by atoms with E-state index in [0.29, 0.717) is 24.1 Å². The normalized spacial score (nSPS) is 16.4. The van der Waals surface area contributed by atoms with Crippen molar-refractivity contribution in [3.8, 4) is 5.75 Å². The Kier molecular flexibility index (Phi) is 6.77. The van der Waals surface area contributed by atoms with Crippen LogP contribution in [0.5, 0.6) is 5.75 Å². The van der Waals surface area contributed by atoms with Gasteiger partial charge in [-0.1, -0.05) is 35.9 Å². The molecule has 1 heterocycles. The van der Waals surface area contributed by atoms with Crippen molar-refractivity contribution in [2.45, 2.75) is 17.4 Å². The molecule has 0 saturated carbocycles. The molecule has 1 aliphatic heterocycles. The second-order valence-corrected chi connectivity index (χ2v) is 8.49. The number of nitrogens with one attached hydrogen (secondary N) is 3. The number of hydrogen-bond donors (Lipinski definition) is 3. The van der Waals surface area contributed by atoms with Gasteiger partial charge >= 0.3 is 0 Å². The van der Waals surface area contributed by atoms with Gasteiger partial charge in [0.05, 0.1) is 11.4 Å². The molecule has 28 heavy (non-hydrogen) atoms. The summed E-state index contributed by atoms with van der Waals surface area (Å²) in [5.41, 5.74) is 1.20. The summed E-state index contributed by atoms with van der Waals surface area (Å²) in [6.07, 6.45) is 0.886. The number of benzene rings is 2. The van der Waals surface area contributed by atoms with Gasteiger partial charge in [-0.2, -0.15) is 0 Å². The monoisotopic (exact) mass is 422 g/mol. The number of sulfonamides is 1. The minimum absolute atomic E-state index is 0.0391. The van der Waals surface area contributed by atoms with Crippen molar-refractivity contribution >= 4 is 27.6 Å². The smallest absolute Gasteiger partial charge is 0.240 e. The molecule has 2 aromatic carbocycles. The van der Waals surface area contributed by atoms with Crippen molar-refractivity contribution in [1.82, 2.24) is 15.4 Å². The zero-order chi connectivity index (χ0) is 20.0. The van der Waals surface area contributed by atoms with Gasteiger partial charge in [-0.3, -0.25) is 4.99 Å². The van der Waals surface area contributed by atoms with Crippen molar-refractivity contribution < 1.29 is 13.2 Å². The highest BCUT2D eigenvalue weighted by Crippen LogP contribution is 2.27. The van der Waals surface area contributed by atoms with Crippen LogP contribution in [0.2, 0.25) is 5.02 Å². The molecule has 0 amide bonds. The van der Waals surface area contributed by atoms with Crippen molar-refractivity contribution in [2.75, 3.05) is 26.7 Å². The molecule has 1 aliphatic rings. The zero-order valence-corrected chi connectivity index (χ0v) is 17.1. The summed E-state index contributed by atoms with van der Waals surface area (Å²) in [7, 11) is -1.94. The summed E-state index contributed by atoms with van der Waals surface area (Å²) >= 11 is 5.85. The van der Waals surface area contributed by atoms with E-state index in [1.807, 2.05) is 18.2 Å². The molecule has 0 bridgehead atoms. The van der Waals surface area contributed by atoms with Gasteiger partial charge in [-0.25, -0.2) is 13.1 Å². The predicted octanol–water partition coefficient (Wildman–Crippen LogP) is 1.79. The first-order chi connectivity index (χ1) is 13.5. The van der Waals surface area contributed by atoms with E-state index in [1.54, 1.807) is 19.2 Å². The Labute approximate surface area is 170 Å². The van der Waals surface area contributed by atoms with Crippen LogP contribution in [0.3, 0.4) is 0 Å². The molecular formula is C19H23ClN4O3S. The summed E-state index contributed by atoms with van der Waals surface area (Å²) < 4.78 is 32.9. The van der Waals surface area contributed by atoms with Gasteiger partial charge in [-0.05, 0) is 29.8 Å². The Morgan fingerprint density at radius 2 is 2.00 bits per heavy atom. The van der Waals surface area contributed by atoms with E-state index in [1.165, 1.54) is 17.7 Å². The summed E-state index contributed by atoms with van der Waals surface area (Å²) in [5, 5.41) is 6.66. The fourth-order valence-electron chi connectivity index (χ4n) is 2.88. The average Bonchev–Trinajstić information content (AvgIpc) is 3.10. The molecule has 2 aromatic rings. The molecule has 0 spiro atoms. The molecule has 150 valence electrons. The Hall–Kier alpha value is -2.29. The van der Waals surface area contributed by atoms with Crippen LogP contribution in [0.1, 0.15) is 5.56 Å². The maximum Gasteiger partial charge on any atom is 0.240 e.